The molecule has 0 aliphatic rings. The van der Waals surface area contributed by atoms with Crippen molar-refractivity contribution in [2.45, 2.75) is 37.7 Å². The van der Waals surface area contributed by atoms with Crippen molar-refractivity contribution < 1.29 is 9.47 Å². The highest BCUT2D eigenvalue weighted by molar-refractivity contribution is 8.00. The summed E-state index contributed by atoms with van der Waals surface area (Å²) in [5.41, 5.74) is 4.26. The van der Waals surface area contributed by atoms with Crippen LogP contribution in [0.25, 0.3) is 0 Å². The second-order valence-electron chi connectivity index (χ2n) is 6.74. The molecule has 0 aliphatic carbocycles. The van der Waals surface area contributed by atoms with E-state index < -0.39 is 0 Å². The average Bonchev–Trinajstić information content (AvgIpc) is 2.63. The van der Waals surface area contributed by atoms with Gasteiger partial charge in [-0.15, -0.1) is 0 Å². The van der Waals surface area contributed by atoms with Crippen molar-refractivity contribution in [3.8, 4) is 11.8 Å². The zero-order chi connectivity index (χ0) is 19.0. The zero-order valence-electron chi connectivity index (χ0n) is 15.9. The number of hydrazone groups is 1. The number of hydrogen-bond donors (Lipinski definition) is 1. The molecule has 1 aromatic carbocycles. The fourth-order valence-electron chi connectivity index (χ4n) is 2.04. The van der Waals surface area contributed by atoms with Gasteiger partial charge in [-0.3, -0.25) is 0 Å². The Morgan fingerprint density at radius 2 is 1.73 bits per heavy atom. The van der Waals surface area contributed by atoms with Gasteiger partial charge in [0, 0.05) is 6.21 Å². The average molecular weight is 375 g/mol. The quantitative estimate of drug-likeness (QED) is 0.328. The number of methoxy groups -OCH3 is 2. The molecule has 0 bridgehead atoms. The Bertz CT molecular complexity index is 695. The van der Waals surface area contributed by atoms with Gasteiger partial charge in [-0.05, 0) is 11.0 Å². The monoisotopic (exact) mass is 374 g/mol. The van der Waals surface area contributed by atoms with E-state index in [4.69, 9.17) is 9.47 Å². The van der Waals surface area contributed by atoms with Crippen molar-refractivity contribution in [2.75, 3.05) is 14.2 Å². The second kappa shape index (κ2) is 9.43. The van der Waals surface area contributed by atoms with Crippen LogP contribution in [0.15, 0.2) is 46.7 Å². The first kappa shape index (κ1) is 20.0. The third-order valence-electron chi connectivity index (χ3n) is 3.59. The summed E-state index contributed by atoms with van der Waals surface area (Å²) in [6.45, 7) is 7.16. The van der Waals surface area contributed by atoms with Crippen molar-refractivity contribution in [3.05, 3.63) is 42.0 Å². The smallest absolute Gasteiger partial charge is 0.220 e. The van der Waals surface area contributed by atoms with E-state index >= 15 is 0 Å². The third kappa shape index (κ3) is 6.22. The second-order valence-corrected chi connectivity index (χ2v) is 7.85. The maximum atomic E-state index is 5.22. The number of rotatable bonds is 8. The van der Waals surface area contributed by atoms with E-state index in [0.29, 0.717) is 23.5 Å². The van der Waals surface area contributed by atoms with E-state index in [9.17, 15) is 0 Å². The minimum atomic E-state index is -0.0255. The molecule has 0 fully saturated rings. The summed E-state index contributed by atoms with van der Waals surface area (Å²) in [5.74, 6) is 0.956. The number of nitrogens with zero attached hydrogens (tertiary/aromatic N) is 3. The molecule has 0 spiro atoms. The minimum Gasteiger partial charge on any atom is -0.481 e. The van der Waals surface area contributed by atoms with E-state index in [1.807, 2.05) is 24.4 Å². The molecule has 140 valence electrons. The highest BCUT2D eigenvalue weighted by atomic mass is 32.2. The Morgan fingerprint density at radius 1 is 1.12 bits per heavy atom. The molecule has 0 saturated heterocycles. The van der Waals surface area contributed by atoms with Crippen LogP contribution in [0.4, 0.5) is 0 Å². The Morgan fingerprint density at radius 3 is 2.27 bits per heavy atom. The molecule has 6 nitrogen and oxygen atoms in total. The van der Waals surface area contributed by atoms with E-state index in [0.717, 1.165) is 0 Å². The van der Waals surface area contributed by atoms with Gasteiger partial charge in [0.05, 0.1) is 32.1 Å². The molecule has 26 heavy (non-hydrogen) atoms. The number of thioether (sulfide) groups is 1. The van der Waals surface area contributed by atoms with Gasteiger partial charge in [0.1, 0.15) is 0 Å². The SMILES string of the molecule is COc1cc(OC)nc(SC(C=NNCc2ccccc2)C(C)(C)C)n1. The third-order valence-corrected chi connectivity index (χ3v) is 5.07. The number of hydrogen-bond acceptors (Lipinski definition) is 7. The largest absolute Gasteiger partial charge is 0.481 e. The summed E-state index contributed by atoms with van der Waals surface area (Å²) in [7, 11) is 3.15. The molecule has 0 aliphatic heterocycles. The first-order valence-electron chi connectivity index (χ1n) is 8.36. The van der Waals surface area contributed by atoms with Crippen LogP contribution < -0.4 is 14.9 Å². The molecule has 0 amide bonds. The Kier molecular flexibility index (Phi) is 7.26. The number of aromatic nitrogens is 2. The van der Waals surface area contributed by atoms with Crippen LogP contribution in [-0.2, 0) is 6.54 Å². The molecular weight excluding hydrogens is 348 g/mol. The minimum absolute atomic E-state index is 0.0255. The molecule has 1 atom stereocenters. The van der Waals surface area contributed by atoms with Gasteiger partial charge < -0.3 is 14.9 Å². The predicted molar refractivity (Wildman–Crippen MR) is 106 cm³/mol. The molecule has 1 N–H and O–H groups in total. The molecule has 1 aromatic heterocycles. The molecule has 0 radical (unpaired) electrons. The molecule has 2 rings (SSSR count). The molecule has 1 unspecified atom stereocenters. The van der Waals surface area contributed by atoms with Crippen molar-refractivity contribution in [1.82, 2.24) is 15.4 Å². The van der Waals surface area contributed by atoms with Crippen LogP contribution in [0.5, 0.6) is 11.8 Å². The molecular formula is C19H26N4O2S. The maximum absolute atomic E-state index is 5.22. The summed E-state index contributed by atoms with van der Waals surface area (Å²) in [4.78, 5) is 8.79. The molecule has 1 heterocycles. The van der Waals surface area contributed by atoms with Crippen molar-refractivity contribution in [1.29, 1.82) is 0 Å². The predicted octanol–water partition coefficient (Wildman–Crippen LogP) is 3.78. The Balaban J connectivity index is 2.07. The Labute approximate surface area is 159 Å². The first-order valence-corrected chi connectivity index (χ1v) is 9.24. The summed E-state index contributed by atoms with van der Waals surface area (Å²) in [6, 6.07) is 11.8. The first-order chi connectivity index (χ1) is 12.4. The van der Waals surface area contributed by atoms with Gasteiger partial charge in [0.2, 0.25) is 11.8 Å². The van der Waals surface area contributed by atoms with Crippen molar-refractivity contribution in [3.63, 3.8) is 0 Å². The lowest BCUT2D eigenvalue weighted by atomic mass is 9.92. The van der Waals surface area contributed by atoms with Crippen LogP contribution in [-0.4, -0.2) is 35.7 Å². The lowest BCUT2D eigenvalue weighted by Gasteiger charge is -2.26. The molecule has 7 heteroatoms. The van der Waals surface area contributed by atoms with Gasteiger partial charge in [0.25, 0.3) is 0 Å². The van der Waals surface area contributed by atoms with Crippen LogP contribution in [0.1, 0.15) is 26.3 Å². The van der Waals surface area contributed by atoms with Crippen LogP contribution >= 0.6 is 11.8 Å². The van der Waals surface area contributed by atoms with E-state index in [1.54, 1.807) is 20.3 Å². The van der Waals surface area contributed by atoms with Gasteiger partial charge in [-0.25, -0.2) is 0 Å². The van der Waals surface area contributed by atoms with E-state index in [-0.39, 0.29) is 10.7 Å². The molecule has 0 saturated carbocycles. The van der Waals surface area contributed by atoms with E-state index in [2.05, 4.69) is 53.4 Å². The van der Waals surface area contributed by atoms with E-state index in [1.165, 1.54) is 17.3 Å². The zero-order valence-corrected chi connectivity index (χ0v) is 16.7. The number of ether oxygens (including phenoxy) is 2. The summed E-state index contributed by atoms with van der Waals surface area (Å²) in [6.07, 6.45) is 1.91. The maximum Gasteiger partial charge on any atom is 0.220 e. The lowest BCUT2D eigenvalue weighted by molar-refractivity contribution is 0.364. The van der Waals surface area contributed by atoms with Crippen LogP contribution in [0, 0.1) is 5.41 Å². The van der Waals surface area contributed by atoms with Crippen molar-refractivity contribution in [2.24, 2.45) is 10.5 Å². The van der Waals surface area contributed by atoms with Gasteiger partial charge in [-0.1, -0.05) is 62.9 Å². The fraction of sp³-hybridized carbons (Fsp3) is 0.421. The topological polar surface area (TPSA) is 68.6 Å². The fourth-order valence-corrected chi connectivity index (χ4v) is 3.03. The summed E-state index contributed by atoms with van der Waals surface area (Å²) in [5, 5.41) is 5.07. The number of nitrogens with one attached hydrogen (secondary N) is 1. The summed E-state index contributed by atoms with van der Waals surface area (Å²) >= 11 is 1.53. The summed E-state index contributed by atoms with van der Waals surface area (Å²) < 4.78 is 10.4. The number of benzene rings is 1. The Hall–Kier alpha value is -2.28. The van der Waals surface area contributed by atoms with Gasteiger partial charge in [0.15, 0.2) is 5.16 Å². The van der Waals surface area contributed by atoms with Gasteiger partial charge in [-0.2, -0.15) is 15.1 Å². The lowest BCUT2D eigenvalue weighted by Crippen LogP contribution is -2.26. The van der Waals surface area contributed by atoms with Crippen molar-refractivity contribution >= 4 is 18.0 Å². The van der Waals surface area contributed by atoms with Crippen LogP contribution in [0.3, 0.4) is 0 Å². The standard InChI is InChI=1S/C19H26N4O2S/c1-19(2,3)15(13-21-20-12-14-9-7-6-8-10-14)26-18-22-16(24-4)11-17(23-18)25-5/h6-11,13,15,20H,12H2,1-5H3. The highest BCUT2D eigenvalue weighted by Crippen LogP contribution is 2.34. The normalized spacial score (nSPS) is 12.8. The van der Waals surface area contributed by atoms with Gasteiger partial charge >= 0.3 is 0 Å². The van der Waals surface area contributed by atoms with Crippen LogP contribution in [0.2, 0.25) is 0 Å². The molecule has 2 aromatic rings. The highest BCUT2D eigenvalue weighted by Gasteiger charge is 2.26.